The Hall–Kier alpha value is -1.89. The zero-order valence-electron chi connectivity index (χ0n) is 15.4. The van der Waals surface area contributed by atoms with Gasteiger partial charge in [0.25, 0.3) is 5.91 Å². The minimum Gasteiger partial charge on any atom is -0.483 e. The van der Waals surface area contributed by atoms with Crippen molar-refractivity contribution in [1.82, 2.24) is 10.2 Å². The summed E-state index contributed by atoms with van der Waals surface area (Å²) >= 11 is 1.73. The molecule has 3 rings (SSSR count). The van der Waals surface area contributed by atoms with E-state index in [0.29, 0.717) is 6.54 Å². The largest absolute Gasteiger partial charge is 0.483 e. The van der Waals surface area contributed by atoms with Crippen LogP contribution in [0.5, 0.6) is 5.75 Å². The summed E-state index contributed by atoms with van der Waals surface area (Å²) in [6.07, 6.45) is 0. The molecular formula is C20H26N2O3S. The third-order valence-electron chi connectivity index (χ3n) is 4.76. The molecule has 0 radical (unpaired) electrons. The molecule has 0 bridgehead atoms. The summed E-state index contributed by atoms with van der Waals surface area (Å²) in [5, 5.41) is 5.11. The van der Waals surface area contributed by atoms with Crippen LogP contribution < -0.4 is 10.1 Å². The molecule has 5 nitrogen and oxygen atoms in total. The van der Waals surface area contributed by atoms with E-state index in [1.165, 1.54) is 4.88 Å². The number of rotatable bonds is 7. The number of carbonyl (C=O) groups excluding carboxylic acids is 1. The van der Waals surface area contributed by atoms with Gasteiger partial charge in [-0.05, 0) is 42.5 Å². The number of carbonyl (C=O) groups is 1. The molecule has 140 valence electrons. The average molecular weight is 375 g/mol. The van der Waals surface area contributed by atoms with Crippen LogP contribution in [0.25, 0.3) is 0 Å². The third-order valence-corrected chi connectivity index (χ3v) is 5.74. The number of nitrogens with one attached hydrogen (secondary N) is 1. The van der Waals surface area contributed by atoms with Crippen LogP contribution in [0.2, 0.25) is 0 Å². The van der Waals surface area contributed by atoms with Crippen LogP contribution in [0.3, 0.4) is 0 Å². The maximum absolute atomic E-state index is 12.3. The van der Waals surface area contributed by atoms with Gasteiger partial charge in [0.05, 0.1) is 19.3 Å². The SMILES string of the molecule is Cc1cccc(OCC(=O)NC[C@@H](c2cccs2)N2CCOCC2)c1C. The fourth-order valence-electron chi connectivity index (χ4n) is 3.07. The minimum absolute atomic E-state index is 0.0323. The molecule has 0 saturated carbocycles. The lowest BCUT2D eigenvalue weighted by molar-refractivity contribution is -0.123. The Morgan fingerprint density at radius 1 is 1.27 bits per heavy atom. The summed E-state index contributed by atoms with van der Waals surface area (Å²) in [4.78, 5) is 15.9. The standard InChI is InChI=1S/C20H26N2O3S/c1-15-5-3-6-18(16(15)2)25-14-20(23)21-13-17(19-7-4-12-26-19)22-8-10-24-11-9-22/h3-7,12,17H,8-11,13-14H2,1-2H3,(H,21,23)/t17-/m0/s1. The Kier molecular flexibility index (Phi) is 6.66. The van der Waals surface area contributed by atoms with Crippen LogP contribution in [0.4, 0.5) is 0 Å². The third kappa shape index (κ3) is 4.84. The van der Waals surface area contributed by atoms with Gasteiger partial charge in [-0.1, -0.05) is 18.2 Å². The zero-order valence-corrected chi connectivity index (χ0v) is 16.2. The van der Waals surface area contributed by atoms with Crippen molar-refractivity contribution in [3.63, 3.8) is 0 Å². The fraction of sp³-hybridized carbons (Fsp3) is 0.450. The molecule has 26 heavy (non-hydrogen) atoms. The van der Waals surface area contributed by atoms with Crippen LogP contribution in [0.15, 0.2) is 35.7 Å². The van der Waals surface area contributed by atoms with Crippen LogP contribution >= 0.6 is 11.3 Å². The number of benzene rings is 1. The summed E-state index contributed by atoms with van der Waals surface area (Å²) < 4.78 is 11.2. The Morgan fingerprint density at radius 2 is 2.08 bits per heavy atom. The van der Waals surface area contributed by atoms with Gasteiger partial charge in [0.2, 0.25) is 0 Å². The first-order valence-corrected chi connectivity index (χ1v) is 9.84. The second-order valence-corrected chi connectivity index (χ2v) is 7.45. The van der Waals surface area contributed by atoms with E-state index < -0.39 is 0 Å². The summed E-state index contributed by atoms with van der Waals surface area (Å²) in [5.41, 5.74) is 2.23. The first kappa shape index (κ1) is 18.9. The van der Waals surface area contributed by atoms with Crippen molar-refractivity contribution in [3.05, 3.63) is 51.7 Å². The molecule has 2 heterocycles. The molecule has 1 amide bonds. The van der Waals surface area contributed by atoms with E-state index in [2.05, 4.69) is 27.7 Å². The number of ether oxygens (including phenoxy) is 2. The molecule has 6 heteroatoms. The van der Waals surface area contributed by atoms with Crippen molar-refractivity contribution in [3.8, 4) is 5.75 Å². The summed E-state index contributed by atoms with van der Waals surface area (Å²) in [6.45, 7) is 7.91. The highest BCUT2D eigenvalue weighted by molar-refractivity contribution is 7.10. The molecule has 1 aromatic heterocycles. The molecule has 0 spiro atoms. The number of aryl methyl sites for hydroxylation is 1. The monoisotopic (exact) mass is 374 g/mol. The van der Waals surface area contributed by atoms with Gasteiger partial charge in [-0.15, -0.1) is 11.3 Å². The molecule has 1 atom stereocenters. The van der Waals surface area contributed by atoms with Crippen LogP contribution in [-0.4, -0.2) is 50.3 Å². The number of thiophene rings is 1. The smallest absolute Gasteiger partial charge is 0.258 e. The van der Waals surface area contributed by atoms with E-state index >= 15 is 0 Å². The molecule has 1 aliphatic heterocycles. The molecule has 2 aromatic rings. The molecule has 1 N–H and O–H groups in total. The molecule has 1 saturated heterocycles. The topological polar surface area (TPSA) is 50.8 Å². The Bertz CT molecular complexity index is 712. The van der Waals surface area contributed by atoms with E-state index in [-0.39, 0.29) is 18.6 Å². The van der Waals surface area contributed by atoms with Crippen LogP contribution in [0.1, 0.15) is 22.0 Å². The van der Waals surface area contributed by atoms with Crippen molar-refractivity contribution in [2.75, 3.05) is 39.5 Å². The predicted molar refractivity (Wildman–Crippen MR) is 104 cm³/mol. The minimum atomic E-state index is -0.0966. The first-order chi connectivity index (χ1) is 12.6. The van der Waals surface area contributed by atoms with Gasteiger partial charge >= 0.3 is 0 Å². The highest BCUT2D eigenvalue weighted by Gasteiger charge is 2.24. The molecule has 0 aliphatic carbocycles. The lowest BCUT2D eigenvalue weighted by atomic mass is 10.1. The zero-order chi connectivity index (χ0) is 18.4. The lowest BCUT2D eigenvalue weighted by Crippen LogP contribution is -2.44. The van der Waals surface area contributed by atoms with Gasteiger partial charge < -0.3 is 14.8 Å². The first-order valence-electron chi connectivity index (χ1n) is 8.96. The number of nitrogens with zero attached hydrogens (tertiary/aromatic N) is 1. The molecular weight excluding hydrogens is 348 g/mol. The maximum Gasteiger partial charge on any atom is 0.258 e. The second-order valence-electron chi connectivity index (χ2n) is 6.47. The van der Waals surface area contributed by atoms with Crippen molar-refractivity contribution in [1.29, 1.82) is 0 Å². The Morgan fingerprint density at radius 3 is 2.81 bits per heavy atom. The van der Waals surface area contributed by atoms with Gasteiger partial charge in [-0.25, -0.2) is 0 Å². The van der Waals surface area contributed by atoms with Crippen molar-refractivity contribution in [2.45, 2.75) is 19.9 Å². The van der Waals surface area contributed by atoms with E-state index in [9.17, 15) is 4.79 Å². The second kappa shape index (κ2) is 9.16. The predicted octanol–water partition coefficient (Wildman–Crippen LogP) is 2.93. The van der Waals surface area contributed by atoms with Crippen LogP contribution in [-0.2, 0) is 9.53 Å². The van der Waals surface area contributed by atoms with Gasteiger partial charge in [-0.2, -0.15) is 0 Å². The van der Waals surface area contributed by atoms with Crippen molar-refractivity contribution in [2.24, 2.45) is 0 Å². The Balaban J connectivity index is 1.54. The van der Waals surface area contributed by atoms with Crippen molar-refractivity contribution < 1.29 is 14.3 Å². The molecule has 1 aliphatic rings. The summed E-state index contributed by atoms with van der Waals surface area (Å²) in [7, 11) is 0. The molecule has 1 fully saturated rings. The van der Waals surface area contributed by atoms with Gasteiger partial charge in [-0.3, -0.25) is 9.69 Å². The maximum atomic E-state index is 12.3. The number of hydrogen-bond acceptors (Lipinski definition) is 5. The highest BCUT2D eigenvalue weighted by Crippen LogP contribution is 2.25. The van der Waals surface area contributed by atoms with Gasteiger partial charge in [0, 0.05) is 24.5 Å². The van der Waals surface area contributed by atoms with Crippen LogP contribution in [0, 0.1) is 13.8 Å². The molecule has 1 aromatic carbocycles. The van der Waals surface area contributed by atoms with E-state index in [1.807, 2.05) is 32.0 Å². The van der Waals surface area contributed by atoms with E-state index in [4.69, 9.17) is 9.47 Å². The average Bonchev–Trinajstić information content (AvgIpc) is 3.18. The molecule has 0 unspecified atom stereocenters. The normalized spacial score (nSPS) is 16.2. The quantitative estimate of drug-likeness (QED) is 0.810. The number of morpholine rings is 1. The lowest BCUT2D eigenvalue weighted by Gasteiger charge is -2.34. The van der Waals surface area contributed by atoms with Gasteiger partial charge in [0.1, 0.15) is 5.75 Å². The van der Waals surface area contributed by atoms with Crippen molar-refractivity contribution >= 4 is 17.2 Å². The van der Waals surface area contributed by atoms with E-state index in [0.717, 1.165) is 43.2 Å². The number of hydrogen-bond donors (Lipinski definition) is 1. The fourth-order valence-corrected chi connectivity index (χ4v) is 3.93. The number of amides is 1. The van der Waals surface area contributed by atoms with Gasteiger partial charge in [0.15, 0.2) is 6.61 Å². The van der Waals surface area contributed by atoms with E-state index in [1.54, 1.807) is 11.3 Å². The Labute approximate surface area is 158 Å². The highest BCUT2D eigenvalue weighted by atomic mass is 32.1. The summed E-state index contributed by atoms with van der Waals surface area (Å²) in [6, 6.07) is 10.3. The summed E-state index contributed by atoms with van der Waals surface area (Å²) in [5.74, 6) is 0.670.